The molecule has 1 aromatic carbocycles. The number of aromatic carboxylic acids is 1. The van der Waals surface area contributed by atoms with E-state index in [0.717, 1.165) is 5.39 Å². The Balaban J connectivity index is 2.90. The topological polar surface area (TPSA) is 50.2 Å². The molecular weight excluding hydrogens is 202 g/mol. The summed E-state index contributed by atoms with van der Waals surface area (Å²) >= 11 is 5.71. The number of hydrogen-bond donors (Lipinski definition) is 1. The van der Waals surface area contributed by atoms with Crippen LogP contribution in [0.1, 0.15) is 10.4 Å². The molecule has 1 aromatic heterocycles. The van der Waals surface area contributed by atoms with Gasteiger partial charge in [-0.05, 0) is 0 Å². The molecule has 4 heteroatoms. The number of carbonyl (C=O) groups is 1. The summed E-state index contributed by atoms with van der Waals surface area (Å²) in [6.45, 7) is 0. The number of benzene rings is 1. The number of halogens is 1. The van der Waals surface area contributed by atoms with Crippen molar-refractivity contribution in [3.8, 4) is 0 Å². The van der Waals surface area contributed by atoms with Gasteiger partial charge in [0, 0.05) is 17.0 Å². The molecule has 0 aliphatic heterocycles. The van der Waals surface area contributed by atoms with Crippen LogP contribution in [0.3, 0.4) is 0 Å². The van der Waals surface area contributed by atoms with Crippen molar-refractivity contribution in [2.24, 2.45) is 0 Å². The highest BCUT2D eigenvalue weighted by Gasteiger charge is 2.13. The average Bonchev–Trinajstić information content (AvgIpc) is 2.17. The number of aromatic nitrogens is 1. The zero-order valence-electron chi connectivity index (χ0n) is 7.07. The van der Waals surface area contributed by atoms with Gasteiger partial charge in [-0.3, -0.25) is 0 Å². The third-order valence-electron chi connectivity index (χ3n) is 1.97. The third-order valence-corrected chi connectivity index (χ3v) is 2.25. The first kappa shape index (κ1) is 8.97. The van der Waals surface area contributed by atoms with Crippen molar-refractivity contribution >= 4 is 28.3 Å². The van der Waals surface area contributed by atoms with Gasteiger partial charge < -0.3 is 5.11 Å². The summed E-state index contributed by atoms with van der Waals surface area (Å²) in [7, 11) is 0. The van der Waals surface area contributed by atoms with Gasteiger partial charge in [0.15, 0.2) is 0 Å². The second kappa shape index (κ2) is 3.27. The minimum absolute atomic E-state index is 0.0243. The maximum atomic E-state index is 10.9. The van der Waals surface area contributed by atoms with E-state index >= 15 is 0 Å². The Labute approximate surface area is 85.0 Å². The molecule has 0 unspecified atom stereocenters. The summed E-state index contributed by atoms with van der Waals surface area (Å²) in [6.07, 6.45) is 1.56. The van der Waals surface area contributed by atoms with Crippen LogP contribution in [0.25, 0.3) is 10.8 Å². The summed E-state index contributed by atoms with van der Waals surface area (Å²) < 4.78 is 0. The Morgan fingerprint density at radius 2 is 2.07 bits per heavy atom. The standard InChI is InChI=1S/C10H6ClNO2/c11-9-8(10(13)14)7-4-2-1-3-6(7)5-12-9/h1-5H,(H,13,14). The fraction of sp³-hybridized carbons (Fsp3) is 0. The number of fused-ring (bicyclic) bond motifs is 1. The van der Waals surface area contributed by atoms with Crippen LogP contribution < -0.4 is 0 Å². The monoisotopic (exact) mass is 207 g/mol. The van der Waals surface area contributed by atoms with Crippen molar-refractivity contribution in [2.45, 2.75) is 0 Å². The molecule has 0 radical (unpaired) electrons. The maximum absolute atomic E-state index is 10.9. The molecule has 0 amide bonds. The van der Waals surface area contributed by atoms with E-state index < -0.39 is 5.97 Å². The van der Waals surface area contributed by atoms with Gasteiger partial charge in [0.05, 0.1) is 0 Å². The Bertz CT molecular complexity index is 510. The molecule has 70 valence electrons. The van der Waals surface area contributed by atoms with Crippen molar-refractivity contribution in [3.63, 3.8) is 0 Å². The van der Waals surface area contributed by atoms with E-state index in [0.29, 0.717) is 5.39 Å². The van der Waals surface area contributed by atoms with E-state index in [1.807, 2.05) is 6.07 Å². The molecule has 0 aliphatic rings. The van der Waals surface area contributed by atoms with Crippen molar-refractivity contribution in [1.29, 1.82) is 0 Å². The van der Waals surface area contributed by atoms with Crippen molar-refractivity contribution in [1.82, 2.24) is 4.98 Å². The minimum atomic E-state index is -1.06. The first-order valence-corrected chi connectivity index (χ1v) is 4.34. The number of carboxylic acid groups (broad SMARTS) is 1. The number of nitrogens with zero attached hydrogens (tertiary/aromatic N) is 1. The van der Waals surface area contributed by atoms with Gasteiger partial charge in [-0.2, -0.15) is 0 Å². The molecule has 0 atom stereocenters. The lowest BCUT2D eigenvalue weighted by atomic mass is 10.1. The van der Waals surface area contributed by atoms with Crippen molar-refractivity contribution in [2.75, 3.05) is 0 Å². The summed E-state index contributed by atoms with van der Waals surface area (Å²) in [4.78, 5) is 14.7. The van der Waals surface area contributed by atoms with E-state index in [4.69, 9.17) is 16.7 Å². The maximum Gasteiger partial charge on any atom is 0.339 e. The lowest BCUT2D eigenvalue weighted by Crippen LogP contribution is -2.00. The van der Waals surface area contributed by atoms with Gasteiger partial charge in [0.2, 0.25) is 0 Å². The largest absolute Gasteiger partial charge is 0.478 e. The molecular formula is C10H6ClNO2. The number of carboxylic acids is 1. The number of hydrogen-bond acceptors (Lipinski definition) is 2. The van der Waals surface area contributed by atoms with Gasteiger partial charge in [-0.15, -0.1) is 0 Å². The van der Waals surface area contributed by atoms with Crippen LogP contribution in [0.4, 0.5) is 0 Å². The van der Waals surface area contributed by atoms with Gasteiger partial charge in [0.1, 0.15) is 10.7 Å². The second-order valence-corrected chi connectivity index (χ2v) is 3.17. The van der Waals surface area contributed by atoms with Crippen molar-refractivity contribution < 1.29 is 9.90 Å². The zero-order valence-corrected chi connectivity index (χ0v) is 7.82. The Hall–Kier alpha value is -1.61. The highest BCUT2D eigenvalue weighted by atomic mass is 35.5. The molecule has 1 N–H and O–H groups in total. The van der Waals surface area contributed by atoms with Crippen LogP contribution in [-0.4, -0.2) is 16.1 Å². The molecule has 1 heterocycles. The Morgan fingerprint density at radius 3 is 2.79 bits per heavy atom. The molecule has 3 nitrogen and oxygen atoms in total. The smallest absolute Gasteiger partial charge is 0.339 e. The van der Waals surface area contributed by atoms with Crippen LogP contribution in [0, 0.1) is 0 Å². The quantitative estimate of drug-likeness (QED) is 0.732. The van der Waals surface area contributed by atoms with Crippen LogP contribution in [0.5, 0.6) is 0 Å². The molecule has 0 spiro atoms. The van der Waals surface area contributed by atoms with Crippen LogP contribution in [-0.2, 0) is 0 Å². The molecule has 0 bridgehead atoms. The van der Waals surface area contributed by atoms with E-state index in [-0.39, 0.29) is 10.7 Å². The third kappa shape index (κ3) is 1.32. The fourth-order valence-corrected chi connectivity index (χ4v) is 1.57. The Morgan fingerprint density at radius 1 is 1.36 bits per heavy atom. The summed E-state index contributed by atoms with van der Waals surface area (Å²) in [5.74, 6) is -1.06. The van der Waals surface area contributed by atoms with Gasteiger partial charge in [0.25, 0.3) is 0 Å². The molecule has 2 rings (SSSR count). The average molecular weight is 208 g/mol. The van der Waals surface area contributed by atoms with Gasteiger partial charge in [-0.25, -0.2) is 9.78 Å². The SMILES string of the molecule is O=C(O)c1c(Cl)ncc2ccccc12. The van der Waals surface area contributed by atoms with Crippen LogP contribution in [0.15, 0.2) is 30.5 Å². The normalized spacial score (nSPS) is 10.4. The molecule has 14 heavy (non-hydrogen) atoms. The Kier molecular flexibility index (Phi) is 2.09. The predicted molar refractivity (Wildman–Crippen MR) is 53.7 cm³/mol. The van der Waals surface area contributed by atoms with Crippen LogP contribution in [0.2, 0.25) is 5.15 Å². The van der Waals surface area contributed by atoms with Gasteiger partial charge in [-0.1, -0.05) is 35.9 Å². The highest BCUT2D eigenvalue weighted by molar-refractivity contribution is 6.33. The summed E-state index contributed by atoms with van der Waals surface area (Å²) in [5.41, 5.74) is 0.0600. The molecule has 0 aliphatic carbocycles. The molecule has 0 saturated heterocycles. The van der Waals surface area contributed by atoms with Crippen LogP contribution >= 0.6 is 11.6 Å². The fourth-order valence-electron chi connectivity index (χ4n) is 1.34. The highest BCUT2D eigenvalue weighted by Crippen LogP contribution is 2.23. The number of rotatable bonds is 1. The minimum Gasteiger partial charge on any atom is -0.478 e. The van der Waals surface area contributed by atoms with E-state index in [1.54, 1.807) is 24.4 Å². The lowest BCUT2D eigenvalue weighted by Gasteiger charge is -2.02. The molecule has 2 aromatic rings. The number of pyridine rings is 1. The first-order valence-electron chi connectivity index (χ1n) is 3.96. The summed E-state index contributed by atoms with van der Waals surface area (Å²) in [5, 5.41) is 10.3. The van der Waals surface area contributed by atoms with E-state index in [1.165, 1.54) is 0 Å². The molecule has 0 fully saturated rings. The predicted octanol–water partition coefficient (Wildman–Crippen LogP) is 2.59. The van der Waals surface area contributed by atoms with E-state index in [9.17, 15) is 4.79 Å². The lowest BCUT2D eigenvalue weighted by molar-refractivity contribution is 0.0699. The first-order chi connectivity index (χ1) is 6.70. The summed E-state index contributed by atoms with van der Waals surface area (Å²) in [6, 6.07) is 7.10. The zero-order chi connectivity index (χ0) is 10.1. The molecule has 0 saturated carbocycles. The second-order valence-electron chi connectivity index (χ2n) is 2.82. The van der Waals surface area contributed by atoms with E-state index in [2.05, 4.69) is 4.98 Å². The van der Waals surface area contributed by atoms with Gasteiger partial charge >= 0.3 is 5.97 Å². The van der Waals surface area contributed by atoms with Crippen molar-refractivity contribution in [3.05, 3.63) is 41.2 Å².